The number of aromatic hydroxyl groups is 1. The maximum Gasteiger partial charge on any atom is 0.322 e. The van der Waals surface area contributed by atoms with Gasteiger partial charge in [0.05, 0.1) is 12.5 Å². The molecule has 0 saturated carbocycles. The highest BCUT2D eigenvalue weighted by Gasteiger charge is 2.29. The number of benzene rings is 1. The SMILES string of the molecule is NC(CS)C(=O)NC(Cc1ccc(O)cc1)C(=O)NC(CC(=O)O)C(=O)NCC(=O)O. The summed E-state index contributed by atoms with van der Waals surface area (Å²) in [6, 6.07) is 1.92. The molecule has 0 aromatic heterocycles. The van der Waals surface area contributed by atoms with Crippen molar-refractivity contribution < 1.29 is 39.3 Å². The van der Waals surface area contributed by atoms with Crippen molar-refractivity contribution in [3.63, 3.8) is 0 Å². The predicted octanol–water partition coefficient (Wildman–Crippen LogP) is -2.16. The zero-order valence-corrected chi connectivity index (χ0v) is 17.2. The van der Waals surface area contributed by atoms with E-state index in [1.54, 1.807) is 0 Å². The third-order valence-electron chi connectivity index (χ3n) is 3.97. The summed E-state index contributed by atoms with van der Waals surface area (Å²) in [4.78, 5) is 58.7. The number of carbonyl (C=O) groups is 5. The van der Waals surface area contributed by atoms with Gasteiger partial charge in [0.15, 0.2) is 0 Å². The number of amides is 3. The number of rotatable bonds is 12. The van der Waals surface area contributed by atoms with Gasteiger partial charge in [-0.2, -0.15) is 12.6 Å². The van der Waals surface area contributed by atoms with Crippen molar-refractivity contribution in [1.29, 1.82) is 0 Å². The van der Waals surface area contributed by atoms with E-state index < -0.39 is 60.8 Å². The first-order valence-corrected chi connectivity index (χ1v) is 9.63. The normalized spacial score (nSPS) is 13.4. The first-order chi connectivity index (χ1) is 14.5. The number of aliphatic carboxylic acids is 2. The van der Waals surface area contributed by atoms with Crippen LogP contribution in [0.2, 0.25) is 0 Å². The van der Waals surface area contributed by atoms with Gasteiger partial charge in [-0.15, -0.1) is 0 Å². The Balaban J connectivity index is 3.03. The number of carboxylic acids is 2. The van der Waals surface area contributed by atoms with Crippen LogP contribution in [0.1, 0.15) is 12.0 Å². The zero-order chi connectivity index (χ0) is 23.6. The Kier molecular flexibility index (Phi) is 10.3. The summed E-state index contributed by atoms with van der Waals surface area (Å²) in [6.07, 6.45) is -0.874. The van der Waals surface area contributed by atoms with Crippen molar-refractivity contribution >= 4 is 42.3 Å². The third-order valence-corrected chi connectivity index (χ3v) is 4.36. The minimum atomic E-state index is -1.58. The number of carboxylic acid groups (broad SMARTS) is 2. The van der Waals surface area contributed by atoms with Crippen LogP contribution in [-0.2, 0) is 30.4 Å². The zero-order valence-electron chi connectivity index (χ0n) is 16.3. The quantitative estimate of drug-likeness (QED) is 0.161. The number of phenolic OH excluding ortho intramolecular Hbond substituents is 1. The van der Waals surface area contributed by atoms with Gasteiger partial charge in [0, 0.05) is 12.2 Å². The molecule has 0 saturated heterocycles. The fourth-order valence-corrected chi connectivity index (χ4v) is 2.55. The van der Waals surface area contributed by atoms with Crippen LogP contribution in [0.5, 0.6) is 5.75 Å². The van der Waals surface area contributed by atoms with E-state index in [-0.39, 0.29) is 17.9 Å². The second kappa shape index (κ2) is 12.4. The highest BCUT2D eigenvalue weighted by molar-refractivity contribution is 7.80. The summed E-state index contributed by atoms with van der Waals surface area (Å²) in [5, 5.41) is 33.7. The van der Waals surface area contributed by atoms with E-state index in [1.165, 1.54) is 24.3 Å². The van der Waals surface area contributed by atoms with Crippen molar-refractivity contribution in [1.82, 2.24) is 16.0 Å². The van der Waals surface area contributed by atoms with Gasteiger partial charge >= 0.3 is 11.9 Å². The molecule has 3 unspecified atom stereocenters. The number of thiol groups is 1. The first kappa shape index (κ1) is 25.7. The molecule has 13 heteroatoms. The van der Waals surface area contributed by atoms with Crippen molar-refractivity contribution in [2.75, 3.05) is 12.3 Å². The Morgan fingerprint density at radius 1 is 0.903 bits per heavy atom. The molecule has 1 aromatic rings. The largest absolute Gasteiger partial charge is 0.508 e. The number of nitrogens with two attached hydrogens (primary N) is 1. The molecule has 0 fully saturated rings. The molecule has 0 aliphatic heterocycles. The average molecular weight is 456 g/mol. The highest BCUT2D eigenvalue weighted by Crippen LogP contribution is 2.12. The fraction of sp³-hybridized carbons (Fsp3) is 0.389. The summed E-state index contributed by atoms with van der Waals surface area (Å²) in [6.45, 7) is -0.769. The van der Waals surface area contributed by atoms with Gasteiger partial charge in [-0.05, 0) is 17.7 Å². The van der Waals surface area contributed by atoms with E-state index >= 15 is 0 Å². The first-order valence-electron chi connectivity index (χ1n) is 8.99. The molecule has 170 valence electrons. The second-order valence-corrected chi connectivity index (χ2v) is 6.86. The number of carbonyl (C=O) groups excluding carboxylic acids is 3. The lowest BCUT2D eigenvalue weighted by Gasteiger charge is -2.23. The number of nitrogens with one attached hydrogen (secondary N) is 3. The van der Waals surface area contributed by atoms with E-state index in [0.717, 1.165) is 0 Å². The Morgan fingerprint density at radius 2 is 1.48 bits per heavy atom. The number of hydrogen-bond donors (Lipinski definition) is 8. The summed E-state index contributed by atoms with van der Waals surface area (Å²) < 4.78 is 0. The van der Waals surface area contributed by atoms with Crippen molar-refractivity contribution in [3.8, 4) is 5.75 Å². The molecular formula is C18H24N4O8S. The Morgan fingerprint density at radius 3 is 2.00 bits per heavy atom. The molecule has 12 nitrogen and oxygen atoms in total. The maximum atomic E-state index is 12.8. The van der Waals surface area contributed by atoms with Crippen molar-refractivity contribution in [2.45, 2.75) is 31.0 Å². The van der Waals surface area contributed by atoms with Gasteiger partial charge in [-0.3, -0.25) is 24.0 Å². The second-order valence-electron chi connectivity index (χ2n) is 6.49. The van der Waals surface area contributed by atoms with Crippen LogP contribution in [0.15, 0.2) is 24.3 Å². The monoisotopic (exact) mass is 456 g/mol. The highest BCUT2D eigenvalue weighted by atomic mass is 32.1. The van der Waals surface area contributed by atoms with Gasteiger partial charge in [0.25, 0.3) is 0 Å². The lowest BCUT2D eigenvalue weighted by molar-refractivity contribution is -0.141. The van der Waals surface area contributed by atoms with E-state index in [9.17, 15) is 29.1 Å². The lowest BCUT2D eigenvalue weighted by Crippen LogP contribution is -2.57. The summed E-state index contributed by atoms with van der Waals surface area (Å²) in [5.41, 5.74) is 6.16. The summed E-state index contributed by atoms with van der Waals surface area (Å²) in [7, 11) is 0. The Labute approximate surface area is 182 Å². The molecule has 0 aliphatic rings. The van der Waals surface area contributed by atoms with Gasteiger partial charge < -0.3 is 37.0 Å². The third kappa shape index (κ3) is 9.35. The molecule has 1 rings (SSSR count). The minimum Gasteiger partial charge on any atom is -0.508 e. The molecule has 0 heterocycles. The van der Waals surface area contributed by atoms with Crippen LogP contribution in [0.25, 0.3) is 0 Å². The molecule has 0 spiro atoms. The van der Waals surface area contributed by atoms with Gasteiger partial charge in [-0.1, -0.05) is 12.1 Å². The van der Waals surface area contributed by atoms with Gasteiger partial charge in [0.2, 0.25) is 17.7 Å². The van der Waals surface area contributed by atoms with E-state index in [1.807, 2.05) is 5.32 Å². The molecular weight excluding hydrogens is 432 g/mol. The molecule has 0 radical (unpaired) electrons. The van der Waals surface area contributed by atoms with Crippen LogP contribution in [0, 0.1) is 0 Å². The van der Waals surface area contributed by atoms with Crippen LogP contribution in [0.3, 0.4) is 0 Å². The molecule has 31 heavy (non-hydrogen) atoms. The molecule has 8 N–H and O–H groups in total. The van der Waals surface area contributed by atoms with E-state index in [0.29, 0.717) is 5.56 Å². The molecule has 3 amide bonds. The Hall–Kier alpha value is -3.32. The van der Waals surface area contributed by atoms with E-state index in [2.05, 4.69) is 23.3 Å². The van der Waals surface area contributed by atoms with Crippen molar-refractivity contribution in [2.24, 2.45) is 5.73 Å². The summed E-state index contributed by atoms with van der Waals surface area (Å²) >= 11 is 3.92. The van der Waals surface area contributed by atoms with Gasteiger partial charge in [-0.25, -0.2) is 0 Å². The van der Waals surface area contributed by atoms with E-state index in [4.69, 9.17) is 15.9 Å². The number of phenols is 1. The number of hydrogen-bond acceptors (Lipinski definition) is 8. The predicted molar refractivity (Wildman–Crippen MR) is 110 cm³/mol. The van der Waals surface area contributed by atoms with Crippen LogP contribution in [-0.4, -0.2) is 75.4 Å². The van der Waals surface area contributed by atoms with Crippen LogP contribution in [0.4, 0.5) is 0 Å². The molecule has 1 aromatic carbocycles. The van der Waals surface area contributed by atoms with Crippen LogP contribution >= 0.6 is 12.6 Å². The molecule has 0 bridgehead atoms. The smallest absolute Gasteiger partial charge is 0.322 e. The van der Waals surface area contributed by atoms with Gasteiger partial charge in [0.1, 0.15) is 24.4 Å². The van der Waals surface area contributed by atoms with Crippen LogP contribution < -0.4 is 21.7 Å². The topological polar surface area (TPSA) is 208 Å². The maximum absolute atomic E-state index is 12.8. The molecule has 3 atom stereocenters. The Bertz CT molecular complexity index is 817. The standard InChI is InChI=1S/C18H24N4O8S/c19-11(8-31)16(28)21-12(5-9-1-3-10(23)4-2-9)18(30)22-13(6-14(24)25)17(29)20-7-15(26)27/h1-4,11-13,23,31H,5-8,19H2,(H,20,29)(H,21,28)(H,22,30)(H,24,25)(H,26,27). The fourth-order valence-electron chi connectivity index (χ4n) is 2.38. The van der Waals surface area contributed by atoms with Crippen molar-refractivity contribution in [3.05, 3.63) is 29.8 Å². The minimum absolute atomic E-state index is 0.00137. The average Bonchev–Trinajstić information content (AvgIpc) is 2.71. The lowest BCUT2D eigenvalue weighted by atomic mass is 10.0. The summed E-state index contributed by atoms with van der Waals surface area (Å²) in [5.74, 6) is -5.37. The molecule has 0 aliphatic carbocycles.